The van der Waals surface area contributed by atoms with Crippen LogP contribution in [-0.4, -0.2) is 34.7 Å². The second-order valence-electron chi connectivity index (χ2n) is 8.25. The molecule has 0 aliphatic carbocycles. The van der Waals surface area contributed by atoms with Crippen LogP contribution in [0.15, 0.2) is 36.4 Å². The number of nitrogens with zero attached hydrogens (tertiary/aromatic N) is 3. The van der Waals surface area contributed by atoms with Crippen LogP contribution >= 0.6 is 12.2 Å². The van der Waals surface area contributed by atoms with Gasteiger partial charge in [0.2, 0.25) is 5.95 Å². The van der Waals surface area contributed by atoms with Gasteiger partial charge in [0.15, 0.2) is 10.8 Å². The van der Waals surface area contributed by atoms with Crippen molar-refractivity contribution in [1.82, 2.24) is 15.3 Å². The fourth-order valence-electron chi connectivity index (χ4n) is 3.93. The molecule has 9 heteroatoms. The summed E-state index contributed by atoms with van der Waals surface area (Å²) in [7, 11) is 0. The molecule has 0 bridgehead atoms. The number of alkyl halides is 3. The van der Waals surface area contributed by atoms with Crippen molar-refractivity contribution >= 4 is 29.1 Å². The number of rotatable bonds is 6. The predicted molar refractivity (Wildman–Crippen MR) is 121 cm³/mol. The highest BCUT2D eigenvalue weighted by molar-refractivity contribution is 7.80. The van der Waals surface area contributed by atoms with E-state index in [-0.39, 0.29) is 16.9 Å². The number of piperidine rings is 1. The minimum atomic E-state index is -4.56. The van der Waals surface area contributed by atoms with E-state index in [1.54, 1.807) is 0 Å². The van der Waals surface area contributed by atoms with Crippen LogP contribution in [0, 0.1) is 11.8 Å². The van der Waals surface area contributed by atoms with Crippen LogP contribution in [0.4, 0.5) is 24.9 Å². The third kappa shape index (κ3) is 7.05. The third-order valence-electron chi connectivity index (χ3n) is 5.19. The van der Waals surface area contributed by atoms with E-state index in [1.165, 1.54) is 5.56 Å². The molecule has 0 amide bonds. The molecule has 1 fully saturated rings. The van der Waals surface area contributed by atoms with E-state index in [9.17, 15) is 13.2 Å². The fourth-order valence-corrected chi connectivity index (χ4v) is 4.13. The normalized spacial score (nSPS) is 19.2. The number of halogens is 3. The predicted octanol–water partition coefficient (Wildman–Crippen LogP) is 4.90. The Morgan fingerprint density at radius 2 is 1.81 bits per heavy atom. The van der Waals surface area contributed by atoms with Crippen molar-refractivity contribution in [3.8, 4) is 0 Å². The Hall–Kier alpha value is -2.42. The molecule has 1 aromatic heterocycles. The number of aromatic nitrogens is 2. The molecule has 0 unspecified atom stereocenters. The maximum Gasteiger partial charge on any atom is 0.433 e. The van der Waals surface area contributed by atoms with Crippen LogP contribution in [-0.2, 0) is 12.6 Å². The number of benzene rings is 1. The van der Waals surface area contributed by atoms with Gasteiger partial charge in [0.05, 0.1) is 0 Å². The van der Waals surface area contributed by atoms with E-state index >= 15 is 0 Å². The first-order chi connectivity index (χ1) is 14.7. The fraction of sp³-hybridized carbons (Fsp3) is 0.500. The van der Waals surface area contributed by atoms with E-state index in [0.29, 0.717) is 31.5 Å². The molecule has 1 aromatic carbocycles. The van der Waals surface area contributed by atoms with Crippen LogP contribution < -0.4 is 15.5 Å². The second-order valence-corrected chi connectivity index (χ2v) is 8.66. The molecule has 3 rings (SSSR count). The van der Waals surface area contributed by atoms with Crippen molar-refractivity contribution in [1.29, 1.82) is 0 Å². The van der Waals surface area contributed by atoms with Gasteiger partial charge in [-0.15, -0.1) is 0 Å². The Morgan fingerprint density at radius 3 is 2.45 bits per heavy atom. The molecule has 1 aliphatic rings. The van der Waals surface area contributed by atoms with Gasteiger partial charge in [-0.3, -0.25) is 0 Å². The van der Waals surface area contributed by atoms with Gasteiger partial charge in [0, 0.05) is 25.7 Å². The Bertz CT molecular complexity index is 865. The van der Waals surface area contributed by atoms with Crippen molar-refractivity contribution in [3.05, 3.63) is 47.7 Å². The first-order valence-corrected chi connectivity index (χ1v) is 10.9. The Balaban J connectivity index is 1.64. The van der Waals surface area contributed by atoms with Crippen molar-refractivity contribution in [3.63, 3.8) is 0 Å². The number of aryl methyl sites for hydroxylation is 1. The largest absolute Gasteiger partial charge is 0.433 e. The quantitative estimate of drug-likeness (QED) is 0.482. The molecule has 1 saturated heterocycles. The van der Waals surface area contributed by atoms with Crippen LogP contribution in [0.2, 0.25) is 0 Å². The van der Waals surface area contributed by atoms with Crippen molar-refractivity contribution in [2.75, 3.05) is 29.9 Å². The number of nitrogens with one attached hydrogen (secondary N) is 2. The monoisotopic (exact) mass is 451 g/mol. The summed E-state index contributed by atoms with van der Waals surface area (Å²) in [6.45, 7) is 6.12. The van der Waals surface area contributed by atoms with Gasteiger partial charge in [0.1, 0.15) is 5.82 Å². The zero-order valence-corrected chi connectivity index (χ0v) is 18.6. The van der Waals surface area contributed by atoms with Crippen molar-refractivity contribution in [2.24, 2.45) is 11.8 Å². The van der Waals surface area contributed by atoms with Crippen molar-refractivity contribution in [2.45, 2.75) is 39.3 Å². The zero-order valence-electron chi connectivity index (χ0n) is 17.7. The molecule has 2 atom stereocenters. The third-order valence-corrected chi connectivity index (χ3v) is 5.44. The van der Waals surface area contributed by atoms with Gasteiger partial charge in [-0.05, 0) is 48.9 Å². The van der Waals surface area contributed by atoms with Crippen LogP contribution in [0.25, 0.3) is 0 Å². The van der Waals surface area contributed by atoms with Crippen molar-refractivity contribution < 1.29 is 13.2 Å². The average molecular weight is 452 g/mol. The Labute approximate surface area is 186 Å². The second kappa shape index (κ2) is 10.3. The van der Waals surface area contributed by atoms with E-state index in [1.807, 2.05) is 23.1 Å². The van der Waals surface area contributed by atoms with E-state index in [2.05, 4.69) is 46.6 Å². The minimum Gasteiger partial charge on any atom is -0.362 e. The summed E-state index contributed by atoms with van der Waals surface area (Å²) < 4.78 is 40.3. The molecule has 1 aliphatic heterocycles. The lowest BCUT2D eigenvalue weighted by molar-refractivity contribution is -0.141. The van der Waals surface area contributed by atoms with Gasteiger partial charge < -0.3 is 15.5 Å². The van der Waals surface area contributed by atoms with Gasteiger partial charge >= 0.3 is 6.18 Å². The lowest BCUT2D eigenvalue weighted by Crippen LogP contribution is -2.39. The molecule has 2 heterocycles. The molecule has 2 aromatic rings. The number of thiocarbonyl (C=S) groups is 1. The highest BCUT2D eigenvalue weighted by Crippen LogP contribution is 2.32. The summed E-state index contributed by atoms with van der Waals surface area (Å²) in [5, 5.41) is 5.95. The molecule has 0 spiro atoms. The average Bonchev–Trinajstić information content (AvgIpc) is 2.70. The van der Waals surface area contributed by atoms with Crippen LogP contribution in [0.1, 0.15) is 37.9 Å². The highest BCUT2D eigenvalue weighted by atomic mass is 32.1. The molecular formula is C22H28F3N5S. The number of hydrogen-bond donors (Lipinski definition) is 2. The van der Waals surface area contributed by atoms with Gasteiger partial charge in [-0.1, -0.05) is 44.2 Å². The van der Waals surface area contributed by atoms with E-state index in [0.717, 1.165) is 25.3 Å². The maximum atomic E-state index is 13.4. The summed E-state index contributed by atoms with van der Waals surface area (Å²) in [4.78, 5) is 9.88. The molecule has 168 valence electrons. The molecule has 5 nitrogen and oxygen atoms in total. The minimum absolute atomic E-state index is 0.142. The first-order valence-electron chi connectivity index (χ1n) is 10.5. The molecule has 2 N–H and O–H groups in total. The zero-order chi connectivity index (χ0) is 22.4. The summed E-state index contributed by atoms with van der Waals surface area (Å²) in [5.74, 6) is 0.903. The summed E-state index contributed by atoms with van der Waals surface area (Å²) in [6.07, 6.45) is -1.79. The van der Waals surface area contributed by atoms with Gasteiger partial charge in [-0.2, -0.15) is 18.2 Å². The van der Waals surface area contributed by atoms with E-state index < -0.39 is 11.9 Å². The maximum absolute atomic E-state index is 13.4. The van der Waals surface area contributed by atoms with Crippen LogP contribution in [0.3, 0.4) is 0 Å². The molecule has 0 saturated carbocycles. The summed E-state index contributed by atoms with van der Waals surface area (Å²) in [6, 6.07) is 11.1. The lowest BCUT2D eigenvalue weighted by Gasteiger charge is -2.36. The smallest absolute Gasteiger partial charge is 0.362 e. The number of hydrogen-bond acceptors (Lipinski definition) is 4. The van der Waals surface area contributed by atoms with Crippen LogP contribution in [0.5, 0.6) is 0 Å². The van der Waals surface area contributed by atoms with E-state index in [4.69, 9.17) is 12.2 Å². The standard InChI is InChI=1S/C22H28F3N5S/c1-15-11-16(2)14-30(13-15)19-12-18(22(23,24)25)27-20(28-19)29-21(31)26-10-6-9-17-7-4-3-5-8-17/h3-5,7-8,12,15-16H,6,9-11,13-14H2,1-2H3,(H2,26,27,28,29,31)/t15-,16+. The van der Waals surface area contributed by atoms with Gasteiger partial charge in [-0.25, -0.2) is 4.98 Å². The number of anilines is 2. The topological polar surface area (TPSA) is 53.1 Å². The summed E-state index contributed by atoms with van der Waals surface area (Å²) >= 11 is 5.24. The molecule has 0 radical (unpaired) electrons. The molecular weight excluding hydrogens is 423 g/mol. The summed E-state index contributed by atoms with van der Waals surface area (Å²) in [5.41, 5.74) is 0.247. The first kappa shape index (κ1) is 23.2. The highest BCUT2D eigenvalue weighted by Gasteiger charge is 2.35. The lowest BCUT2D eigenvalue weighted by atomic mass is 9.92. The van der Waals surface area contributed by atoms with Gasteiger partial charge in [0.25, 0.3) is 0 Å². The molecule has 31 heavy (non-hydrogen) atoms. The SMILES string of the molecule is C[C@@H]1C[C@H](C)CN(c2cc(C(F)(F)F)nc(NC(=S)NCCCc3ccccc3)n2)C1. The Kier molecular flexibility index (Phi) is 7.69. The Morgan fingerprint density at radius 1 is 1.13 bits per heavy atom.